The quantitative estimate of drug-likeness (QED) is 0.640. The third-order valence-corrected chi connectivity index (χ3v) is 1.96. The SMILES string of the molecule is CCC(SC(N)=O)C(=O)O. The van der Waals surface area contributed by atoms with Crippen LogP contribution in [-0.4, -0.2) is 21.6 Å². The standard InChI is InChI=1S/C5H9NO3S/c1-2-3(4(7)8)10-5(6)9/h3H,2H2,1H3,(H2,6,9)(H,7,8). The van der Waals surface area contributed by atoms with Gasteiger partial charge < -0.3 is 10.8 Å². The third kappa shape index (κ3) is 3.34. The predicted octanol–water partition coefficient (Wildman–Crippen LogP) is 0.662. The second-order valence-corrected chi connectivity index (χ2v) is 2.88. The first-order valence-electron chi connectivity index (χ1n) is 2.76. The first-order chi connectivity index (χ1) is 4.57. The Kier molecular flexibility index (Phi) is 3.87. The summed E-state index contributed by atoms with van der Waals surface area (Å²) >= 11 is 0.647. The van der Waals surface area contributed by atoms with Crippen LogP contribution in [0.3, 0.4) is 0 Å². The average molecular weight is 163 g/mol. The van der Waals surface area contributed by atoms with Gasteiger partial charge >= 0.3 is 5.97 Å². The summed E-state index contributed by atoms with van der Waals surface area (Å²) < 4.78 is 0. The number of aliphatic carboxylic acids is 1. The molecular formula is C5H9NO3S. The maximum absolute atomic E-state index is 10.2. The normalized spacial score (nSPS) is 12.5. The molecule has 10 heavy (non-hydrogen) atoms. The van der Waals surface area contributed by atoms with Crippen LogP contribution < -0.4 is 5.73 Å². The molecule has 1 atom stereocenters. The van der Waals surface area contributed by atoms with Crippen molar-refractivity contribution in [3.8, 4) is 0 Å². The van der Waals surface area contributed by atoms with E-state index in [9.17, 15) is 9.59 Å². The van der Waals surface area contributed by atoms with Gasteiger partial charge in [0.05, 0.1) is 0 Å². The van der Waals surface area contributed by atoms with Gasteiger partial charge in [-0.05, 0) is 18.2 Å². The minimum absolute atomic E-state index is 0.406. The van der Waals surface area contributed by atoms with Crippen LogP contribution in [0.5, 0.6) is 0 Å². The number of nitrogens with two attached hydrogens (primary N) is 1. The Morgan fingerprint density at radius 3 is 2.30 bits per heavy atom. The van der Waals surface area contributed by atoms with Crippen molar-refractivity contribution < 1.29 is 14.7 Å². The molecule has 0 heterocycles. The lowest BCUT2D eigenvalue weighted by molar-refractivity contribution is -0.136. The molecule has 0 spiro atoms. The molecule has 1 unspecified atom stereocenters. The summed E-state index contributed by atoms with van der Waals surface area (Å²) in [5.41, 5.74) is 4.77. The molecule has 1 amide bonds. The largest absolute Gasteiger partial charge is 0.480 e. The fourth-order valence-corrected chi connectivity index (χ4v) is 0.996. The number of amides is 1. The van der Waals surface area contributed by atoms with Gasteiger partial charge in [-0.15, -0.1) is 0 Å². The summed E-state index contributed by atoms with van der Waals surface area (Å²) in [5, 5.41) is 7.05. The fourth-order valence-electron chi connectivity index (χ4n) is 0.449. The number of primary amides is 1. The van der Waals surface area contributed by atoms with Gasteiger partial charge in [-0.1, -0.05) is 6.92 Å². The molecule has 0 saturated carbocycles. The number of carboxylic acids is 1. The van der Waals surface area contributed by atoms with Crippen LogP contribution in [0.1, 0.15) is 13.3 Å². The number of thioether (sulfide) groups is 1. The molecule has 0 aromatic carbocycles. The van der Waals surface area contributed by atoms with Crippen LogP contribution in [0.15, 0.2) is 0 Å². The van der Waals surface area contributed by atoms with Gasteiger partial charge in [0, 0.05) is 0 Å². The Bertz CT molecular complexity index is 148. The molecule has 0 aliphatic carbocycles. The highest BCUT2D eigenvalue weighted by atomic mass is 32.2. The monoisotopic (exact) mass is 163 g/mol. The highest BCUT2D eigenvalue weighted by Crippen LogP contribution is 2.13. The Balaban J connectivity index is 3.83. The molecule has 3 N–H and O–H groups in total. The summed E-state index contributed by atoms with van der Waals surface area (Å²) in [6.45, 7) is 1.69. The molecule has 0 aliphatic heterocycles. The minimum Gasteiger partial charge on any atom is -0.480 e. The van der Waals surface area contributed by atoms with E-state index < -0.39 is 16.5 Å². The molecule has 0 rings (SSSR count). The Morgan fingerprint density at radius 2 is 2.20 bits per heavy atom. The molecule has 0 bridgehead atoms. The summed E-state index contributed by atoms with van der Waals surface area (Å²) in [5.74, 6) is -0.994. The van der Waals surface area contributed by atoms with Crippen molar-refractivity contribution in [1.29, 1.82) is 0 Å². The number of carbonyl (C=O) groups excluding carboxylic acids is 1. The number of hydrogen-bond acceptors (Lipinski definition) is 3. The Hall–Kier alpha value is -0.710. The molecule has 0 radical (unpaired) electrons. The zero-order valence-electron chi connectivity index (χ0n) is 5.53. The van der Waals surface area contributed by atoms with Gasteiger partial charge in [-0.25, -0.2) is 0 Å². The van der Waals surface area contributed by atoms with Crippen molar-refractivity contribution in [2.24, 2.45) is 5.73 Å². The van der Waals surface area contributed by atoms with E-state index in [1.54, 1.807) is 6.92 Å². The topological polar surface area (TPSA) is 80.4 Å². The average Bonchev–Trinajstić information content (AvgIpc) is 1.81. The first kappa shape index (κ1) is 9.29. The van der Waals surface area contributed by atoms with Gasteiger partial charge in [-0.2, -0.15) is 0 Å². The highest BCUT2D eigenvalue weighted by Gasteiger charge is 2.17. The van der Waals surface area contributed by atoms with Gasteiger partial charge in [0.1, 0.15) is 5.25 Å². The molecule has 0 aromatic heterocycles. The molecule has 58 valence electrons. The molecular weight excluding hydrogens is 154 g/mol. The van der Waals surface area contributed by atoms with E-state index >= 15 is 0 Å². The fraction of sp³-hybridized carbons (Fsp3) is 0.600. The lowest BCUT2D eigenvalue weighted by atomic mass is 10.3. The van der Waals surface area contributed by atoms with E-state index in [1.807, 2.05) is 0 Å². The molecule has 0 fully saturated rings. The van der Waals surface area contributed by atoms with E-state index in [2.05, 4.69) is 0 Å². The van der Waals surface area contributed by atoms with E-state index in [0.29, 0.717) is 18.2 Å². The predicted molar refractivity (Wildman–Crippen MR) is 38.9 cm³/mol. The Morgan fingerprint density at radius 1 is 1.70 bits per heavy atom. The van der Waals surface area contributed by atoms with Crippen LogP contribution in [0.2, 0.25) is 0 Å². The zero-order valence-corrected chi connectivity index (χ0v) is 6.35. The maximum Gasteiger partial charge on any atom is 0.317 e. The minimum atomic E-state index is -0.994. The van der Waals surface area contributed by atoms with E-state index in [-0.39, 0.29) is 0 Å². The lowest BCUT2D eigenvalue weighted by Gasteiger charge is -2.03. The molecule has 0 aromatic rings. The summed E-state index contributed by atoms with van der Waals surface area (Å²) in [7, 11) is 0. The highest BCUT2D eigenvalue weighted by molar-refractivity contribution is 8.14. The van der Waals surface area contributed by atoms with Crippen LogP contribution in [0, 0.1) is 0 Å². The molecule has 5 heteroatoms. The molecule has 0 saturated heterocycles. The summed E-state index contributed by atoms with van der Waals surface area (Å²) in [4.78, 5) is 20.4. The van der Waals surface area contributed by atoms with Gasteiger partial charge in [0.15, 0.2) is 0 Å². The van der Waals surface area contributed by atoms with Crippen LogP contribution in [0.4, 0.5) is 4.79 Å². The number of rotatable bonds is 3. The van der Waals surface area contributed by atoms with Gasteiger partial charge in [-0.3, -0.25) is 9.59 Å². The van der Waals surface area contributed by atoms with Crippen molar-refractivity contribution in [2.45, 2.75) is 18.6 Å². The van der Waals surface area contributed by atoms with Gasteiger partial charge in [0.25, 0.3) is 5.24 Å². The number of hydrogen-bond donors (Lipinski definition) is 2. The Labute approximate surface area is 62.8 Å². The van der Waals surface area contributed by atoms with Crippen LogP contribution in [-0.2, 0) is 4.79 Å². The van der Waals surface area contributed by atoms with Crippen molar-refractivity contribution in [3.05, 3.63) is 0 Å². The second kappa shape index (κ2) is 4.16. The van der Waals surface area contributed by atoms with E-state index in [4.69, 9.17) is 10.8 Å². The maximum atomic E-state index is 10.2. The van der Waals surface area contributed by atoms with Crippen molar-refractivity contribution in [2.75, 3.05) is 0 Å². The van der Waals surface area contributed by atoms with E-state index in [0.717, 1.165) is 0 Å². The lowest BCUT2D eigenvalue weighted by Crippen LogP contribution is -2.19. The van der Waals surface area contributed by atoms with Crippen molar-refractivity contribution >= 4 is 23.0 Å². The summed E-state index contributed by atoms with van der Waals surface area (Å²) in [6.07, 6.45) is 0.406. The van der Waals surface area contributed by atoms with Crippen molar-refractivity contribution in [1.82, 2.24) is 0 Å². The number of carbonyl (C=O) groups is 2. The summed E-state index contributed by atoms with van der Waals surface area (Å²) in [6, 6.07) is 0. The van der Waals surface area contributed by atoms with E-state index in [1.165, 1.54) is 0 Å². The zero-order chi connectivity index (χ0) is 8.15. The van der Waals surface area contributed by atoms with Crippen molar-refractivity contribution in [3.63, 3.8) is 0 Å². The van der Waals surface area contributed by atoms with Crippen LogP contribution >= 0.6 is 11.8 Å². The van der Waals surface area contributed by atoms with Gasteiger partial charge in [0.2, 0.25) is 0 Å². The van der Waals surface area contributed by atoms with Crippen LogP contribution in [0.25, 0.3) is 0 Å². The number of carboxylic acid groups (broad SMARTS) is 1. The smallest absolute Gasteiger partial charge is 0.317 e. The third-order valence-electron chi connectivity index (χ3n) is 0.905. The second-order valence-electron chi connectivity index (χ2n) is 1.67. The molecule has 0 aliphatic rings. The first-order valence-corrected chi connectivity index (χ1v) is 3.64. The molecule has 4 nitrogen and oxygen atoms in total.